The Kier molecular flexibility index (Phi) is 4.18. The van der Waals surface area contributed by atoms with E-state index >= 15 is 0 Å². The van der Waals surface area contributed by atoms with Crippen molar-refractivity contribution in [1.29, 1.82) is 0 Å². The molecule has 0 aromatic heterocycles. The SMILES string of the molecule is COC(=O)CSc1cc(O)c2cc([N+](=O)[O-])ccc2c1O. The number of nitro groups is 1. The molecule has 110 valence electrons. The molecule has 0 heterocycles. The molecule has 2 aromatic rings. The van der Waals surface area contributed by atoms with Gasteiger partial charge < -0.3 is 14.9 Å². The van der Waals surface area contributed by atoms with E-state index in [0.29, 0.717) is 4.90 Å². The number of thioether (sulfide) groups is 1. The molecule has 2 N–H and O–H groups in total. The minimum absolute atomic E-state index is 0.0258. The maximum atomic E-state index is 11.1. The van der Waals surface area contributed by atoms with Gasteiger partial charge in [0.25, 0.3) is 5.69 Å². The lowest BCUT2D eigenvalue weighted by Gasteiger charge is -2.09. The van der Waals surface area contributed by atoms with Crippen molar-refractivity contribution in [2.45, 2.75) is 4.90 Å². The number of aromatic hydroxyl groups is 2. The minimum atomic E-state index is -0.587. The number of carbonyl (C=O) groups excluding carboxylic acids is 1. The largest absolute Gasteiger partial charge is 0.507 e. The number of nitrogens with zero attached hydrogens (tertiary/aromatic N) is 1. The van der Waals surface area contributed by atoms with Crippen molar-refractivity contribution in [3.05, 3.63) is 34.4 Å². The number of hydrogen-bond donors (Lipinski definition) is 2. The van der Waals surface area contributed by atoms with Crippen molar-refractivity contribution in [3.63, 3.8) is 0 Å². The fraction of sp³-hybridized carbons (Fsp3) is 0.154. The molecule has 0 fully saturated rings. The summed E-state index contributed by atoms with van der Waals surface area (Å²) in [5, 5.41) is 31.2. The molecule has 0 aliphatic rings. The Morgan fingerprint density at radius 1 is 1.33 bits per heavy atom. The number of hydrogen-bond acceptors (Lipinski definition) is 7. The molecule has 0 unspecified atom stereocenters. The molecule has 2 rings (SSSR count). The molecule has 0 spiro atoms. The van der Waals surface area contributed by atoms with Crippen LogP contribution in [0.5, 0.6) is 11.5 Å². The summed E-state index contributed by atoms with van der Waals surface area (Å²) >= 11 is 1.00. The summed E-state index contributed by atoms with van der Waals surface area (Å²) in [6, 6.07) is 5.02. The van der Waals surface area contributed by atoms with E-state index in [0.717, 1.165) is 11.8 Å². The number of fused-ring (bicyclic) bond motifs is 1. The lowest BCUT2D eigenvalue weighted by atomic mass is 10.1. The molecule has 7 nitrogen and oxygen atoms in total. The van der Waals surface area contributed by atoms with Gasteiger partial charge in [0.15, 0.2) is 0 Å². The zero-order chi connectivity index (χ0) is 15.6. The van der Waals surface area contributed by atoms with Crippen LogP contribution in [0.3, 0.4) is 0 Å². The van der Waals surface area contributed by atoms with Crippen LogP contribution in [-0.4, -0.2) is 34.0 Å². The van der Waals surface area contributed by atoms with E-state index in [1.54, 1.807) is 0 Å². The molecule has 0 bridgehead atoms. The Hall–Kier alpha value is -2.48. The van der Waals surface area contributed by atoms with E-state index in [-0.39, 0.29) is 33.7 Å². The Morgan fingerprint density at radius 2 is 2.05 bits per heavy atom. The van der Waals surface area contributed by atoms with Gasteiger partial charge in [-0.25, -0.2) is 0 Å². The van der Waals surface area contributed by atoms with Crippen molar-refractivity contribution >= 4 is 34.2 Å². The lowest BCUT2D eigenvalue weighted by molar-refractivity contribution is -0.384. The van der Waals surface area contributed by atoms with Gasteiger partial charge in [-0.05, 0) is 12.1 Å². The van der Waals surface area contributed by atoms with E-state index in [4.69, 9.17) is 0 Å². The maximum absolute atomic E-state index is 11.1. The first kappa shape index (κ1) is 14.9. The smallest absolute Gasteiger partial charge is 0.315 e. The van der Waals surface area contributed by atoms with E-state index in [1.807, 2.05) is 0 Å². The van der Waals surface area contributed by atoms with Crippen LogP contribution in [0.4, 0.5) is 5.69 Å². The summed E-state index contributed by atoms with van der Waals surface area (Å²) in [6.45, 7) is 0. The summed E-state index contributed by atoms with van der Waals surface area (Å²) in [6.07, 6.45) is 0. The molecular formula is C13H11NO6S. The van der Waals surface area contributed by atoms with E-state index in [1.165, 1.54) is 31.4 Å². The second-order valence-corrected chi connectivity index (χ2v) is 5.11. The summed E-state index contributed by atoms with van der Waals surface area (Å²) in [5.74, 6) is -0.852. The van der Waals surface area contributed by atoms with Gasteiger partial charge in [0, 0.05) is 22.9 Å². The molecular weight excluding hydrogens is 298 g/mol. The second-order valence-electron chi connectivity index (χ2n) is 4.09. The van der Waals surface area contributed by atoms with Crippen LogP contribution in [-0.2, 0) is 9.53 Å². The van der Waals surface area contributed by atoms with Gasteiger partial charge in [-0.1, -0.05) is 0 Å². The van der Waals surface area contributed by atoms with Crippen LogP contribution in [0.25, 0.3) is 10.8 Å². The Balaban J connectivity index is 2.47. The number of benzene rings is 2. The number of esters is 1. The topological polar surface area (TPSA) is 110 Å². The Bertz CT molecular complexity index is 730. The summed E-state index contributed by atoms with van der Waals surface area (Å²) in [7, 11) is 1.25. The number of phenols is 2. The highest BCUT2D eigenvalue weighted by Gasteiger charge is 2.16. The first-order valence-electron chi connectivity index (χ1n) is 5.76. The van der Waals surface area contributed by atoms with Crippen molar-refractivity contribution in [2.75, 3.05) is 12.9 Å². The normalized spacial score (nSPS) is 10.5. The standard InChI is InChI=1S/C13H11NO6S/c1-20-12(16)6-21-11-5-10(15)9-4-7(14(18)19)2-3-8(9)13(11)17/h2-5,15,17H,6H2,1H3. The predicted octanol–water partition coefficient (Wildman–Crippen LogP) is 2.42. The maximum Gasteiger partial charge on any atom is 0.315 e. The van der Waals surface area contributed by atoms with Gasteiger partial charge in [0.05, 0.1) is 22.7 Å². The highest BCUT2D eigenvalue weighted by Crippen LogP contribution is 2.41. The number of non-ortho nitro benzene ring substituents is 1. The van der Waals surface area contributed by atoms with Gasteiger partial charge in [0.1, 0.15) is 11.5 Å². The molecule has 8 heteroatoms. The highest BCUT2D eigenvalue weighted by atomic mass is 32.2. The van der Waals surface area contributed by atoms with E-state index in [2.05, 4.69) is 4.74 Å². The van der Waals surface area contributed by atoms with Gasteiger partial charge in [0.2, 0.25) is 0 Å². The Labute approximate surface area is 123 Å². The van der Waals surface area contributed by atoms with Crippen LogP contribution in [0.1, 0.15) is 0 Å². The molecule has 0 amide bonds. The third-order valence-electron chi connectivity index (χ3n) is 2.82. The summed E-state index contributed by atoms with van der Waals surface area (Å²) in [5.41, 5.74) is -0.188. The zero-order valence-electron chi connectivity index (χ0n) is 10.9. The van der Waals surface area contributed by atoms with Crippen LogP contribution < -0.4 is 0 Å². The van der Waals surface area contributed by atoms with Gasteiger partial charge in [-0.2, -0.15) is 0 Å². The number of nitro benzene ring substituents is 1. The monoisotopic (exact) mass is 309 g/mol. The average Bonchev–Trinajstić information content (AvgIpc) is 2.48. The third kappa shape index (κ3) is 3.00. The van der Waals surface area contributed by atoms with Crippen LogP contribution in [0, 0.1) is 10.1 Å². The zero-order valence-corrected chi connectivity index (χ0v) is 11.7. The number of ether oxygens (including phenoxy) is 1. The van der Waals surface area contributed by atoms with Crippen molar-refractivity contribution in [1.82, 2.24) is 0 Å². The minimum Gasteiger partial charge on any atom is -0.507 e. The van der Waals surface area contributed by atoms with E-state index in [9.17, 15) is 25.1 Å². The van der Waals surface area contributed by atoms with Gasteiger partial charge in [-0.15, -0.1) is 11.8 Å². The molecule has 0 saturated heterocycles. The molecule has 21 heavy (non-hydrogen) atoms. The third-order valence-corrected chi connectivity index (χ3v) is 3.82. The number of carbonyl (C=O) groups is 1. The number of rotatable bonds is 4. The number of phenolic OH excluding ortho intramolecular Hbond substituents is 2. The van der Waals surface area contributed by atoms with Gasteiger partial charge in [-0.3, -0.25) is 14.9 Å². The molecule has 0 radical (unpaired) electrons. The molecule has 0 aliphatic carbocycles. The second kappa shape index (κ2) is 5.88. The first-order valence-corrected chi connectivity index (χ1v) is 6.75. The number of methoxy groups -OCH3 is 1. The lowest BCUT2D eigenvalue weighted by Crippen LogP contribution is -2.02. The van der Waals surface area contributed by atoms with Crippen molar-refractivity contribution < 1.29 is 24.7 Å². The van der Waals surface area contributed by atoms with Gasteiger partial charge >= 0.3 is 5.97 Å². The van der Waals surface area contributed by atoms with Crippen LogP contribution >= 0.6 is 11.8 Å². The molecule has 0 aliphatic heterocycles. The average molecular weight is 309 g/mol. The van der Waals surface area contributed by atoms with E-state index < -0.39 is 10.9 Å². The first-order chi connectivity index (χ1) is 9.93. The summed E-state index contributed by atoms with van der Waals surface area (Å²) in [4.78, 5) is 21.5. The van der Waals surface area contributed by atoms with Crippen LogP contribution in [0.15, 0.2) is 29.2 Å². The highest BCUT2D eigenvalue weighted by molar-refractivity contribution is 8.00. The van der Waals surface area contributed by atoms with Crippen LogP contribution in [0.2, 0.25) is 0 Å². The fourth-order valence-electron chi connectivity index (χ4n) is 1.77. The summed E-state index contributed by atoms with van der Waals surface area (Å²) < 4.78 is 4.49. The predicted molar refractivity (Wildman–Crippen MR) is 76.7 cm³/mol. The van der Waals surface area contributed by atoms with Crippen molar-refractivity contribution in [3.8, 4) is 11.5 Å². The quantitative estimate of drug-likeness (QED) is 0.293. The molecule has 2 aromatic carbocycles. The molecule has 0 saturated carbocycles. The Morgan fingerprint density at radius 3 is 2.67 bits per heavy atom. The molecule has 0 atom stereocenters. The van der Waals surface area contributed by atoms with Crippen molar-refractivity contribution in [2.24, 2.45) is 0 Å². The fourth-order valence-corrected chi connectivity index (χ4v) is 2.61.